The van der Waals surface area contributed by atoms with Gasteiger partial charge in [0.1, 0.15) is 5.75 Å². The number of fused-ring (bicyclic) bond motifs is 1. The van der Waals surface area contributed by atoms with Crippen molar-refractivity contribution in [3.63, 3.8) is 0 Å². The minimum atomic E-state index is 0. The first-order valence-corrected chi connectivity index (χ1v) is 7.80. The fourth-order valence-electron chi connectivity index (χ4n) is 2.72. The highest BCUT2D eigenvalue weighted by Gasteiger charge is 2.04. The Bertz CT molecular complexity index is 793. The molecule has 0 radical (unpaired) electrons. The summed E-state index contributed by atoms with van der Waals surface area (Å²) < 4.78 is 5.17. The lowest BCUT2D eigenvalue weighted by molar-refractivity contribution is 0.365. The molecule has 126 valence electrons. The maximum Gasteiger partial charge on any atom is 0.118 e. The van der Waals surface area contributed by atoms with Crippen molar-refractivity contribution in [1.29, 1.82) is 0 Å². The first-order chi connectivity index (χ1) is 11.3. The van der Waals surface area contributed by atoms with Crippen LogP contribution in [0.15, 0.2) is 60.8 Å². The van der Waals surface area contributed by atoms with Crippen molar-refractivity contribution in [2.24, 2.45) is 0 Å². The molecule has 4 heteroatoms. The van der Waals surface area contributed by atoms with Gasteiger partial charge in [-0.3, -0.25) is 4.90 Å². The molecule has 0 aliphatic carbocycles. The number of rotatable bonds is 6. The fourth-order valence-corrected chi connectivity index (χ4v) is 2.72. The van der Waals surface area contributed by atoms with Crippen molar-refractivity contribution in [1.82, 2.24) is 9.88 Å². The number of ether oxygens (including phenoxy) is 1. The number of halogens is 1. The standard InChI is InChI=1S/C20H22N2O.ClH/c1-22(14-4-5-16-8-10-19(23-2)11-9-16)15-18-7-3-6-17-12-13-21-20(17)18;/h3-13,21H,14-15H2,1-2H3;1H/b5-4+;. The van der Waals surface area contributed by atoms with Crippen molar-refractivity contribution in [2.75, 3.05) is 20.7 Å². The van der Waals surface area contributed by atoms with Crippen molar-refractivity contribution in [3.8, 4) is 5.75 Å². The third kappa shape index (κ3) is 4.40. The van der Waals surface area contributed by atoms with E-state index in [0.29, 0.717) is 0 Å². The van der Waals surface area contributed by atoms with E-state index in [2.05, 4.69) is 65.5 Å². The molecule has 3 nitrogen and oxygen atoms in total. The molecule has 0 amide bonds. The molecule has 1 aromatic heterocycles. The number of para-hydroxylation sites is 1. The molecule has 3 aromatic rings. The lowest BCUT2D eigenvalue weighted by atomic mass is 10.1. The summed E-state index contributed by atoms with van der Waals surface area (Å²) in [5.74, 6) is 0.887. The minimum Gasteiger partial charge on any atom is -0.497 e. The lowest BCUT2D eigenvalue weighted by Crippen LogP contribution is -2.17. The van der Waals surface area contributed by atoms with Gasteiger partial charge in [-0.2, -0.15) is 0 Å². The third-order valence-corrected chi connectivity index (χ3v) is 3.96. The first-order valence-electron chi connectivity index (χ1n) is 7.80. The Morgan fingerprint density at radius 3 is 2.62 bits per heavy atom. The zero-order chi connectivity index (χ0) is 16.1. The molecule has 0 aliphatic heterocycles. The monoisotopic (exact) mass is 342 g/mol. The Hall–Kier alpha value is -2.23. The molecule has 0 bridgehead atoms. The normalized spacial score (nSPS) is 11.1. The summed E-state index contributed by atoms with van der Waals surface area (Å²) in [6, 6.07) is 16.6. The highest BCUT2D eigenvalue weighted by Crippen LogP contribution is 2.18. The second-order valence-corrected chi connectivity index (χ2v) is 5.73. The van der Waals surface area contributed by atoms with E-state index < -0.39 is 0 Å². The molecule has 0 unspecified atom stereocenters. The van der Waals surface area contributed by atoms with E-state index in [-0.39, 0.29) is 12.4 Å². The number of methoxy groups -OCH3 is 1. The summed E-state index contributed by atoms with van der Waals surface area (Å²) in [5, 5.41) is 1.27. The van der Waals surface area contributed by atoms with Crippen LogP contribution < -0.4 is 4.74 Å². The zero-order valence-electron chi connectivity index (χ0n) is 14.0. The number of likely N-dealkylation sites (N-methyl/N-ethyl adjacent to an activating group) is 1. The quantitative estimate of drug-likeness (QED) is 0.700. The second kappa shape index (κ2) is 8.57. The maximum absolute atomic E-state index is 5.17. The molecular formula is C20H23ClN2O. The van der Waals surface area contributed by atoms with Crippen molar-refractivity contribution in [2.45, 2.75) is 6.54 Å². The largest absolute Gasteiger partial charge is 0.497 e. The smallest absolute Gasteiger partial charge is 0.118 e. The van der Waals surface area contributed by atoms with E-state index in [1.807, 2.05) is 18.3 Å². The number of hydrogen-bond donors (Lipinski definition) is 1. The second-order valence-electron chi connectivity index (χ2n) is 5.73. The molecule has 24 heavy (non-hydrogen) atoms. The summed E-state index contributed by atoms with van der Waals surface area (Å²) in [6.07, 6.45) is 6.33. The molecule has 0 saturated heterocycles. The van der Waals surface area contributed by atoms with Gasteiger partial charge in [-0.15, -0.1) is 12.4 Å². The Morgan fingerprint density at radius 2 is 1.88 bits per heavy atom. The highest BCUT2D eigenvalue weighted by atomic mass is 35.5. The summed E-state index contributed by atoms with van der Waals surface area (Å²) >= 11 is 0. The van der Waals surface area contributed by atoms with Crippen LogP contribution in [0.25, 0.3) is 17.0 Å². The van der Waals surface area contributed by atoms with Crippen LogP contribution in [0.1, 0.15) is 11.1 Å². The summed E-state index contributed by atoms with van der Waals surface area (Å²) in [5.41, 5.74) is 3.75. The van der Waals surface area contributed by atoms with Gasteiger partial charge in [0.25, 0.3) is 0 Å². The number of hydrogen-bond acceptors (Lipinski definition) is 2. The SMILES string of the molecule is COc1ccc(/C=C/CN(C)Cc2cccc3cc[nH]c23)cc1.Cl. The van der Waals surface area contributed by atoms with Crippen molar-refractivity contribution in [3.05, 3.63) is 71.9 Å². The van der Waals surface area contributed by atoms with Crippen LogP contribution in [0.5, 0.6) is 5.75 Å². The Balaban J connectivity index is 0.00000208. The predicted molar refractivity (Wildman–Crippen MR) is 104 cm³/mol. The number of H-pyrrole nitrogens is 1. The number of nitrogens with zero attached hydrogens (tertiary/aromatic N) is 1. The van der Waals surface area contributed by atoms with E-state index >= 15 is 0 Å². The number of benzene rings is 2. The van der Waals surface area contributed by atoms with Crippen LogP contribution >= 0.6 is 12.4 Å². The average molecular weight is 343 g/mol. The van der Waals surface area contributed by atoms with Gasteiger partial charge in [-0.25, -0.2) is 0 Å². The molecule has 0 atom stereocenters. The summed E-state index contributed by atoms with van der Waals surface area (Å²) in [7, 11) is 3.82. The molecule has 1 N–H and O–H groups in total. The summed E-state index contributed by atoms with van der Waals surface area (Å²) in [4.78, 5) is 5.63. The van der Waals surface area contributed by atoms with Gasteiger partial charge >= 0.3 is 0 Å². The van der Waals surface area contributed by atoms with E-state index in [0.717, 1.165) is 18.8 Å². The van der Waals surface area contributed by atoms with Crippen LogP contribution in [0.4, 0.5) is 0 Å². The van der Waals surface area contributed by atoms with Crippen LogP contribution in [0.3, 0.4) is 0 Å². The van der Waals surface area contributed by atoms with E-state index in [1.54, 1.807) is 7.11 Å². The molecular weight excluding hydrogens is 320 g/mol. The molecule has 0 fully saturated rings. The van der Waals surface area contributed by atoms with Gasteiger partial charge < -0.3 is 9.72 Å². The number of nitrogens with one attached hydrogen (secondary N) is 1. The van der Waals surface area contributed by atoms with Gasteiger partial charge in [-0.1, -0.05) is 42.5 Å². The molecule has 2 aromatic carbocycles. The summed E-state index contributed by atoms with van der Waals surface area (Å²) in [6.45, 7) is 1.83. The van der Waals surface area contributed by atoms with E-state index in [4.69, 9.17) is 4.74 Å². The average Bonchev–Trinajstić information content (AvgIpc) is 3.05. The van der Waals surface area contributed by atoms with Gasteiger partial charge in [0, 0.05) is 24.8 Å². The van der Waals surface area contributed by atoms with E-state index in [1.165, 1.54) is 22.0 Å². The van der Waals surface area contributed by atoms with Gasteiger partial charge in [0.05, 0.1) is 7.11 Å². The minimum absolute atomic E-state index is 0. The zero-order valence-corrected chi connectivity index (χ0v) is 14.8. The first kappa shape index (κ1) is 18.1. The number of aromatic amines is 1. The Morgan fingerprint density at radius 1 is 1.08 bits per heavy atom. The molecule has 0 aliphatic rings. The van der Waals surface area contributed by atoms with Crippen LogP contribution in [-0.2, 0) is 6.54 Å². The van der Waals surface area contributed by atoms with Crippen molar-refractivity contribution < 1.29 is 4.74 Å². The van der Waals surface area contributed by atoms with Gasteiger partial charge in [0.15, 0.2) is 0 Å². The van der Waals surface area contributed by atoms with Crippen LogP contribution in [-0.4, -0.2) is 30.6 Å². The Labute approximate surface area is 149 Å². The van der Waals surface area contributed by atoms with Gasteiger partial charge in [-0.05, 0) is 41.8 Å². The number of aromatic nitrogens is 1. The van der Waals surface area contributed by atoms with Crippen LogP contribution in [0.2, 0.25) is 0 Å². The predicted octanol–water partition coefficient (Wildman–Crippen LogP) is 4.74. The van der Waals surface area contributed by atoms with E-state index in [9.17, 15) is 0 Å². The molecule has 0 saturated carbocycles. The fraction of sp³-hybridized carbons (Fsp3) is 0.200. The molecule has 3 rings (SSSR count). The van der Waals surface area contributed by atoms with Gasteiger partial charge in [0.2, 0.25) is 0 Å². The molecule has 0 spiro atoms. The lowest BCUT2D eigenvalue weighted by Gasteiger charge is -2.15. The van der Waals surface area contributed by atoms with Crippen LogP contribution in [0, 0.1) is 0 Å². The maximum atomic E-state index is 5.17. The topological polar surface area (TPSA) is 28.3 Å². The molecule has 1 heterocycles. The highest BCUT2D eigenvalue weighted by molar-refractivity contribution is 5.85. The Kier molecular flexibility index (Phi) is 6.47. The third-order valence-electron chi connectivity index (χ3n) is 3.96. The van der Waals surface area contributed by atoms with Crippen molar-refractivity contribution >= 4 is 29.4 Å².